The van der Waals surface area contributed by atoms with E-state index in [1.54, 1.807) is 24.5 Å². The molecule has 0 atom stereocenters. The van der Waals surface area contributed by atoms with E-state index in [1.165, 1.54) is 25.2 Å². The molecule has 134 valence electrons. The van der Waals surface area contributed by atoms with Crippen LogP contribution in [0.3, 0.4) is 0 Å². The highest BCUT2D eigenvalue weighted by atomic mass is 16.6. The van der Waals surface area contributed by atoms with Gasteiger partial charge >= 0.3 is 5.97 Å². The molecule has 1 aliphatic rings. The smallest absolute Gasteiger partial charge is 0.338 e. The van der Waals surface area contributed by atoms with Gasteiger partial charge in [-0.15, -0.1) is 0 Å². The second-order valence-corrected chi connectivity index (χ2v) is 5.76. The van der Waals surface area contributed by atoms with E-state index in [0.717, 1.165) is 4.90 Å². The molecule has 0 unspecified atom stereocenters. The number of aromatic nitrogens is 3. The third-order valence-corrected chi connectivity index (χ3v) is 4.04. The predicted molar refractivity (Wildman–Crippen MR) is 89.5 cm³/mol. The molecule has 3 aromatic rings. The second kappa shape index (κ2) is 6.45. The molecule has 0 radical (unpaired) electrons. The maximum atomic E-state index is 12.2. The van der Waals surface area contributed by atoms with Crippen molar-refractivity contribution in [2.45, 2.75) is 6.61 Å². The van der Waals surface area contributed by atoms with Crippen molar-refractivity contribution in [1.29, 1.82) is 0 Å². The molecule has 27 heavy (non-hydrogen) atoms. The first-order valence-corrected chi connectivity index (χ1v) is 7.91. The summed E-state index contributed by atoms with van der Waals surface area (Å²) < 4.78 is 10.2. The zero-order valence-electron chi connectivity index (χ0n) is 14.1. The molecule has 2 amide bonds. The molecule has 3 heterocycles. The van der Waals surface area contributed by atoms with Crippen LogP contribution in [-0.2, 0) is 11.3 Å². The van der Waals surface area contributed by atoms with E-state index in [9.17, 15) is 14.4 Å². The van der Waals surface area contributed by atoms with Crippen LogP contribution in [0.4, 0.5) is 0 Å². The molecule has 2 aromatic heterocycles. The minimum Gasteiger partial charge on any atom is -0.452 e. The molecule has 0 N–H and O–H groups in total. The minimum absolute atomic E-state index is 0.120. The van der Waals surface area contributed by atoms with Gasteiger partial charge in [0, 0.05) is 25.0 Å². The predicted octanol–water partition coefficient (Wildman–Crippen LogP) is 1.71. The lowest BCUT2D eigenvalue weighted by atomic mass is 10.1. The first-order chi connectivity index (χ1) is 13.0. The number of carbonyl (C=O) groups is 3. The van der Waals surface area contributed by atoms with Crippen LogP contribution in [0.15, 0.2) is 47.2 Å². The number of hydrogen-bond donors (Lipinski definition) is 0. The fraction of sp³-hybridized carbons (Fsp3) is 0.111. The molecule has 0 bridgehead atoms. The van der Waals surface area contributed by atoms with Crippen molar-refractivity contribution in [1.82, 2.24) is 20.0 Å². The molecule has 0 fully saturated rings. The Kier molecular flexibility index (Phi) is 3.96. The van der Waals surface area contributed by atoms with E-state index >= 15 is 0 Å². The lowest BCUT2D eigenvalue weighted by Gasteiger charge is -2.03. The molecule has 4 rings (SSSR count). The zero-order valence-corrected chi connectivity index (χ0v) is 14.1. The van der Waals surface area contributed by atoms with Gasteiger partial charge in [0.15, 0.2) is 6.61 Å². The normalized spacial score (nSPS) is 13.0. The summed E-state index contributed by atoms with van der Waals surface area (Å²) in [5.74, 6) is -1.08. The summed E-state index contributed by atoms with van der Waals surface area (Å²) in [6.07, 6.45) is 3.21. The van der Waals surface area contributed by atoms with Crippen LogP contribution in [0.5, 0.6) is 0 Å². The van der Waals surface area contributed by atoms with E-state index in [4.69, 9.17) is 9.26 Å². The quantitative estimate of drug-likeness (QED) is 0.507. The fourth-order valence-corrected chi connectivity index (χ4v) is 2.62. The monoisotopic (exact) mass is 364 g/mol. The largest absolute Gasteiger partial charge is 0.452 e. The maximum absolute atomic E-state index is 12.2. The van der Waals surface area contributed by atoms with Gasteiger partial charge in [-0.2, -0.15) is 4.98 Å². The van der Waals surface area contributed by atoms with Gasteiger partial charge in [0.25, 0.3) is 17.7 Å². The molecular formula is C18H12N4O5. The molecule has 1 aliphatic heterocycles. The number of pyridine rings is 1. The van der Waals surface area contributed by atoms with Crippen LogP contribution in [0, 0.1) is 0 Å². The topological polar surface area (TPSA) is 115 Å². The number of fused-ring (bicyclic) bond motifs is 1. The number of nitrogens with zero attached hydrogens (tertiary/aromatic N) is 4. The minimum atomic E-state index is -0.672. The third kappa shape index (κ3) is 2.95. The first kappa shape index (κ1) is 16.6. The molecular weight excluding hydrogens is 352 g/mol. The fourth-order valence-electron chi connectivity index (χ4n) is 2.62. The highest BCUT2D eigenvalue weighted by molar-refractivity contribution is 6.21. The van der Waals surface area contributed by atoms with Crippen LogP contribution >= 0.6 is 0 Å². The Morgan fingerprint density at radius 2 is 2.00 bits per heavy atom. The van der Waals surface area contributed by atoms with Crippen LogP contribution in [0.1, 0.15) is 37.0 Å². The number of ether oxygens (including phenoxy) is 1. The van der Waals surface area contributed by atoms with Gasteiger partial charge in [-0.1, -0.05) is 5.16 Å². The van der Waals surface area contributed by atoms with Crippen LogP contribution in [0.2, 0.25) is 0 Å². The van der Waals surface area contributed by atoms with E-state index in [-0.39, 0.29) is 29.2 Å². The number of rotatable bonds is 4. The Labute approximate surface area is 152 Å². The van der Waals surface area contributed by atoms with Gasteiger partial charge < -0.3 is 9.26 Å². The average Bonchev–Trinajstić information content (AvgIpc) is 3.26. The summed E-state index contributed by atoms with van der Waals surface area (Å²) in [5.41, 5.74) is 1.26. The van der Waals surface area contributed by atoms with Crippen molar-refractivity contribution in [3.8, 4) is 11.4 Å². The van der Waals surface area contributed by atoms with Gasteiger partial charge in [0.05, 0.1) is 16.7 Å². The van der Waals surface area contributed by atoms with Gasteiger partial charge in [-0.3, -0.25) is 19.5 Å². The highest BCUT2D eigenvalue weighted by Crippen LogP contribution is 2.23. The Balaban J connectivity index is 1.46. The molecule has 1 aromatic carbocycles. The van der Waals surface area contributed by atoms with Crippen molar-refractivity contribution in [2.75, 3.05) is 7.05 Å². The van der Waals surface area contributed by atoms with Gasteiger partial charge in [0.2, 0.25) is 5.82 Å². The highest BCUT2D eigenvalue weighted by Gasteiger charge is 2.33. The molecule has 0 saturated carbocycles. The van der Waals surface area contributed by atoms with E-state index < -0.39 is 17.8 Å². The Morgan fingerprint density at radius 3 is 2.78 bits per heavy atom. The van der Waals surface area contributed by atoms with Crippen molar-refractivity contribution in [3.05, 3.63) is 65.3 Å². The Bertz CT molecular complexity index is 1060. The Morgan fingerprint density at radius 1 is 1.19 bits per heavy atom. The first-order valence-electron chi connectivity index (χ1n) is 7.91. The van der Waals surface area contributed by atoms with Gasteiger partial charge in [0.1, 0.15) is 0 Å². The average molecular weight is 364 g/mol. The molecule has 0 spiro atoms. The standard InChI is InChI=1S/C18H12N4O5/c1-22-16(23)12-5-4-10(7-13(12)17(22)24)18(25)26-9-14-20-15(21-27-14)11-3-2-6-19-8-11/h2-8H,9H2,1H3. The lowest BCUT2D eigenvalue weighted by Crippen LogP contribution is -2.24. The lowest BCUT2D eigenvalue weighted by molar-refractivity contribution is 0.0429. The number of esters is 1. The molecule has 0 saturated heterocycles. The zero-order chi connectivity index (χ0) is 19.0. The number of benzene rings is 1. The Hall–Kier alpha value is -3.88. The summed E-state index contributed by atoms with van der Waals surface area (Å²) >= 11 is 0. The van der Waals surface area contributed by atoms with E-state index in [1.807, 2.05) is 0 Å². The summed E-state index contributed by atoms with van der Waals surface area (Å²) in [5, 5.41) is 3.81. The summed E-state index contributed by atoms with van der Waals surface area (Å²) in [6.45, 7) is -0.226. The maximum Gasteiger partial charge on any atom is 0.338 e. The summed E-state index contributed by atoms with van der Waals surface area (Å²) in [7, 11) is 1.39. The number of imide groups is 1. The van der Waals surface area contributed by atoms with Gasteiger partial charge in [-0.05, 0) is 30.3 Å². The molecule has 9 heteroatoms. The van der Waals surface area contributed by atoms with Crippen LogP contribution in [0.25, 0.3) is 11.4 Å². The number of amides is 2. The van der Waals surface area contributed by atoms with Gasteiger partial charge in [-0.25, -0.2) is 4.79 Å². The van der Waals surface area contributed by atoms with Crippen molar-refractivity contribution < 1.29 is 23.6 Å². The molecule has 9 nitrogen and oxygen atoms in total. The van der Waals surface area contributed by atoms with Crippen molar-refractivity contribution in [3.63, 3.8) is 0 Å². The van der Waals surface area contributed by atoms with E-state index in [0.29, 0.717) is 11.4 Å². The second-order valence-electron chi connectivity index (χ2n) is 5.76. The summed E-state index contributed by atoms with van der Waals surface area (Å²) in [6, 6.07) is 7.72. The van der Waals surface area contributed by atoms with Crippen molar-refractivity contribution in [2.24, 2.45) is 0 Å². The third-order valence-electron chi connectivity index (χ3n) is 4.04. The van der Waals surface area contributed by atoms with Crippen molar-refractivity contribution >= 4 is 17.8 Å². The number of carbonyl (C=O) groups excluding carboxylic acids is 3. The van der Waals surface area contributed by atoms with E-state index in [2.05, 4.69) is 15.1 Å². The molecule has 0 aliphatic carbocycles. The number of hydrogen-bond acceptors (Lipinski definition) is 8. The van der Waals surface area contributed by atoms with Crippen LogP contribution < -0.4 is 0 Å². The SMILES string of the molecule is CN1C(=O)c2ccc(C(=O)OCc3nc(-c4cccnc4)no3)cc2C1=O. The summed E-state index contributed by atoms with van der Waals surface area (Å²) in [4.78, 5) is 45.2. The van der Waals surface area contributed by atoms with Crippen LogP contribution in [-0.4, -0.2) is 44.9 Å².